The van der Waals surface area contributed by atoms with Crippen LogP contribution in [0.25, 0.3) is 0 Å². The molecule has 2 atom stereocenters. The predicted octanol–water partition coefficient (Wildman–Crippen LogP) is 1.68. The molecule has 0 aliphatic carbocycles. The van der Waals surface area contributed by atoms with E-state index >= 15 is 0 Å². The van der Waals surface area contributed by atoms with Gasteiger partial charge in [-0.25, -0.2) is 0 Å². The predicted molar refractivity (Wildman–Crippen MR) is 84.8 cm³/mol. The zero-order valence-corrected chi connectivity index (χ0v) is 15.8. The van der Waals surface area contributed by atoms with E-state index in [4.69, 9.17) is 4.55 Å². The quantitative estimate of drug-likeness (QED) is 0.469. The third kappa shape index (κ3) is 5.74. The average Bonchev–Trinajstić information content (AvgIpc) is 2.07. The lowest BCUT2D eigenvalue weighted by Crippen LogP contribution is -2.68. The molecule has 0 heterocycles. The molecule has 0 aromatic carbocycles. The van der Waals surface area contributed by atoms with Crippen LogP contribution in [0.4, 0.5) is 0 Å². The molecule has 8 nitrogen and oxygen atoms in total. The maximum absolute atomic E-state index is 11.9. The first-order valence-corrected chi connectivity index (χ1v) is 9.79. The fourth-order valence-corrected chi connectivity index (χ4v) is 4.74. The molecule has 0 bridgehead atoms. The van der Waals surface area contributed by atoms with Crippen molar-refractivity contribution in [1.29, 1.82) is 0 Å². The van der Waals surface area contributed by atoms with Gasteiger partial charge in [-0.05, 0) is 31.6 Å². The molecule has 0 saturated carbocycles. The van der Waals surface area contributed by atoms with Gasteiger partial charge in [-0.15, -0.1) is 0 Å². The summed E-state index contributed by atoms with van der Waals surface area (Å²) in [4.78, 5) is 0. The van der Waals surface area contributed by atoms with Crippen LogP contribution < -0.4 is 4.72 Å². The number of rotatable bonds is 7. The summed E-state index contributed by atoms with van der Waals surface area (Å²) in [6.45, 7) is 11.4. The van der Waals surface area contributed by atoms with E-state index in [9.17, 15) is 21.4 Å². The van der Waals surface area contributed by atoms with Crippen molar-refractivity contribution in [2.75, 3.05) is 0 Å². The first-order chi connectivity index (χ1) is 9.42. The van der Waals surface area contributed by atoms with E-state index in [-0.39, 0.29) is 5.92 Å². The first kappa shape index (κ1) is 21.7. The Balaban J connectivity index is 6.22. The summed E-state index contributed by atoms with van der Waals surface area (Å²) >= 11 is 0. The van der Waals surface area contributed by atoms with Crippen LogP contribution in [0.2, 0.25) is 0 Å². The van der Waals surface area contributed by atoms with Crippen molar-refractivity contribution in [1.82, 2.24) is 9.03 Å². The molecule has 2 unspecified atom stereocenters. The zero-order valence-electron chi connectivity index (χ0n) is 14.2. The Hall–Kier alpha value is -0.260. The molecule has 134 valence electrons. The topological polar surface area (TPSA) is 124 Å². The number of hydrogen-bond acceptors (Lipinski definition) is 4. The molecule has 0 rings (SSSR count). The van der Waals surface area contributed by atoms with Crippen molar-refractivity contribution < 1.29 is 25.9 Å². The average molecular weight is 360 g/mol. The molecule has 0 radical (unpaired) electrons. The summed E-state index contributed by atoms with van der Waals surface area (Å²) < 4.78 is 67.9. The SMILES string of the molecule is CC(C)CC(C)N(C(C)(NS(=O)(=O)O)C(C)(C)C)S(=O)(=O)O. The minimum absolute atomic E-state index is 0.120. The van der Waals surface area contributed by atoms with Gasteiger partial charge in [-0.2, -0.15) is 25.9 Å². The molecular weight excluding hydrogens is 332 g/mol. The van der Waals surface area contributed by atoms with E-state index in [1.165, 1.54) is 6.92 Å². The Morgan fingerprint density at radius 3 is 1.64 bits per heavy atom. The van der Waals surface area contributed by atoms with Gasteiger partial charge in [-0.1, -0.05) is 34.6 Å². The van der Waals surface area contributed by atoms with Crippen molar-refractivity contribution in [2.24, 2.45) is 11.3 Å². The van der Waals surface area contributed by atoms with Gasteiger partial charge >= 0.3 is 20.6 Å². The summed E-state index contributed by atoms with van der Waals surface area (Å²) in [6.07, 6.45) is 0.401. The van der Waals surface area contributed by atoms with Crippen LogP contribution in [0.1, 0.15) is 54.9 Å². The molecule has 10 heteroatoms. The Bertz CT molecular complexity index is 579. The van der Waals surface area contributed by atoms with Crippen LogP contribution in [-0.4, -0.2) is 42.0 Å². The Kier molecular flexibility index (Phi) is 6.62. The Morgan fingerprint density at radius 2 is 1.41 bits per heavy atom. The number of nitrogens with one attached hydrogen (secondary N) is 1. The second-order valence-electron chi connectivity index (χ2n) is 7.15. The Labute approximate surface area is 134 Å². The van der Waals surface area contributed by atoms with Crippen LogP contribution in [0.3, 0.4) is 0 Å². The maximum atomic E-state index is 11.9. The van der Waals surface area contributed by atoms with E-state index < -0.39 is 37.7 Å². The molecule has 0 aliphatic rings. The first-order valence-electron chi connectivity index (χ1n) is 6.95. The van der Waals surface area contributed by atoms with E-state index in [2.05, 4.69) is 0 Å². The zero-order chi connectivity index (χ0) is 18.1. The van der Waals surface area contributed by atoms with Crippen LogP contribution in [0.5, 0.6) is 0 Å². The highest BCUT2D eigenvalue weighted by Gasteiger charge is 2.51. The van der Waals surface area contributed by atoms with E-state index in [1.54, 1.807) is 27.7 Å². The highest BCUT2D eigenvalue weighted by molar-refractivity contribution is 7.84. The maximum Gasteiger partial charge on any atom is 0.337 e. The van der Waals surface area contributed by atoms with Crippen LogP contribution >= 0.6 is 0 Å². The standard InChI is InChI=1S/C12H28N2O6S2/c1-9(2)8-10(3)14(22(18,19)20)12(7,11(4,5)6)13-21(15,16)17/h9-10,13H,8H2,1-7H3,(H,15,16,17)(H,18,19,20). The second-order valence-corrected chi connectivity index (χ2v) is 9.59. The molecule has 0 aliphatic heterocycles. The molecule has 0 saturated heterocycles. The van der Waals surface area contributed by atoms with Crippen molar-refractivity contribution in [3.05, 3.63) is 0 Å². The minimum Gasteiger partial charge on any atom is -0.273 e. The summed E-state index contributed by atoms with van der Waals surface area (Å²) in [5, 5.41) is 0. The van der Waals surface area contributed by atoms with Crippen molar-refractivity contribution in [3.8, 4) is 0 Å². The van der Waals surface area contributed by atoms with Gasteiger partial charge in [-0.3, -0.25) is 9.11 Å². The highest BCUT2D eigenvalue weighted by Crippen LogP contribution is 2.37. The van der Waals surface area contributed by atoms with Gasteiger partial charge in [0.05, 0.1) is 0 Å². The van der Waals surface area contributed by atoms with Gasteiger partial charge in [0, 0.05) is 6.04 Å². The summed E-state index contributed by atoms with van der Waals surface area (Å²) in [6, 6.07) is -0.687. The van der Waals surface area contributed by atoms with Crippen molar-refractivity contribution >= 4 is 20.6 Å². The lowest BCUT2D eigenvalue weighted by molar-refractivity contribution is 0.0235. The third-order valence-electron chi connectivity index (χ3n) is 3.69. The number of hydrogen-bond donors (Lipinski definition) is 3. The summed E-state index contributed by atoms with van der Waals surface area (Å²) in [5.74, 6) is 0.120. The molecular formula is C12H28N2O6S2. The molecule has 22 heavy (non-hydrogen) atoms. The smallest absolute Gasteiger partial charge is 0.273 e. The van der Waals surface area contributed by atoms with Crippen LogP contribution in [0.15, 0.2) is 0 Å². The van der Waals surface area contributed by atoms with Gasteiger partial charge < -0.3 is 0 Å². The molecule has 0 aromatic heterocycles. The summed E-state index contributed by atoms with van der Waals surface area (Å²) in [5.41, 5.74) is -2.72. The lowest BCUT2D eigenvalue weighted by Gasteiger charge is -2.49. The fourth-order valence-electron chi connectivity index (χ4n) is 2.46. The number of nitrogens with zero attached hydrogens (tertiary/aromatic N) is 1. The largest absolute Gasteiger partial charge is 0.337 e. The Morgan fingerprint density at radius 1 is 1.00 bits per heavy atom. The van der Waals surface area contributed by atoms with E-state index in [1.807, 2.05) is 18.6 Å². The van der Waals surface area contributed by atoms with Gasteiger partial charge in [0.25, 0.3) is 0 Å². The van der Waals surface area contributed by atoms with Crippen LogP contribution in [-0.2, 0) is 20.6 Å². The van der Waals surface area contributed by atoms with Gasteiger partial charge in [0.1, 0.15) is 5.66 Å². The fraction of sp³-hybridized carbons (Fsp3) is 1.00. The van der Waals surface area contributed by atoms with E-state index in [0.29, 0.717) is 10.7 Å². The summed E-state index contributed by atoms with van der Waals surface area (Å²) in [7, 11) is -9.43. The third-order valence-corrected chi connectivity index (χ3v) is 5.57. The van der Waals surface area contributed by atoms with Crippen molar-refractivity contribution in [2.45, 2.75) is 66.6 Å². The second kappa shape index (κ2) is 6.70. The molecule has 0 aromatic rings. The normalized spacial score (nSPS) is 18.5. The monoisotopic (exact) mass is 360 g/mol. The molecule has 0 fully saturated rings. The molecule has 3 N–H and O–H groups in total. The minimum atomic E-state index is -4.73. The van der Waals surface area contributed by atoms with Gasteiger partial charge in [0.15, 0.2) is 0 Å². The van der Waals surface area contributed by atoms with Gasteiger partial charge in [0.2, 0.25) is 0 Å². The van der Waals surface area contributed by atoms with E-state index in [0.717, 1.165) is 0 Å². The van der Waals surface area contributed by atoms with Crippen molar-refractivity contribution in [3.63, 3.8) is 0 Å². The van der Waals surface area contributed by atoms with Crippen LogP contribution in [0, 0.1) is 11.3 Å². The molecule has 0 spiro atoms. The molecule has 0 amide bonds. The highest BCUT2D eigenvalue weighted by atomic mass is 32.2. The lowest BCUT2D eigenvalue weighted by atomic mass is 9.81.